The Morgan fingerprint density at radius 1 is 1.47 bits per heavy atom. The van der Waals surface area contributed by atoms with Gasteiger partial charge in [-0.2, -0.15) is 0 Å². The molecular formula is C12H11NO2S2. The summed E-state index contributed by atoms with van der Waals surface area (Å²) in [4.78, 5) is 13.8. The van der Waals surface area contributed by atoms with Crippen LogP contribution in [0.25, 0.3) is 6.08 Å². The van der Waals surface area contributed by atoms with E-state index in [2.05, 4.69) is 0 Å². The number of carbonyl (C=O) groups excluding carboxylic acids is 1. The molecule has 1 aliphatic heterocycles. The molecule has 2 rings (SSSR count). The first-order valence-electron chi connectivity index (χ1n) is 5.01. The number of phenols is 1. The van der Waals surface area contributed by atoms with Crippen LogP contribution in [0.4, 0.5) is 0 Å². The third-order valence-corrected chi connectivity index (χ3v) is 4.03. The first-order chi connectivity index (χ1) is 8.00. The first kappa shape index (κ1) is 12.1. The van der Waals surface area contributed by atoms with E-state index < -0.39 is 0 Å². The fourth-order valence-electron chi connectivity index (χ4n) is 1.48. The SMILES string of the molecule is Cc1cccc(/C=C2/SC(=S)N(C)C2=O)c1O. The van der Waals surface area contributed by atoms with Crippen LogP contribution in [0.1, 0.15) is 11.1 Å². The summed E-state index contributed by atoms with van der Waals surface area (Å²) in [5.41, 5.74) is 1.42. The number of rotatable bonds is 1. The monoisotopic (exact) mass is 265 g/mol. The maximum atomic E-state index is 11.8. The highest BCUT2D eigenvalue weighted by atomic mass is 32.2. The van der Waals surface area contributed by atoms with E-state index >= 15 is 0 Å². The van der Waals surface area contributed by atoms with Crippen LogP contribution >= 0.6 is 24.0 Å². The van der Waals surface area contributed by atoms with Gasteiger partial charge >= 0.3 is 0 Å². The van der Waals surface area contributed by atoms with E-state index in [9.17, 15) is 9.90 Å². The fraction of sp³-hybridized carbons (Fsp3) is 0.167. The molecule has 1 aromatic carbocycles. The second-order valence-electron chi connectivity index (χ2n) is 3.75. The number of phenolic OH excluding ortho intramolecular Hbond substituents is 1. The molecule has 0 bridgehead atoms. The Hall–Kier alpha value is -1.33. The number of carbonyl (C=O) groups is 1. The molecule has 1 amide bonds. The molecule has 0 radical (unpaired) electrons. The largest absolute Gasteiger partial charge is 0.507 e. The summed E-state index contributed by atoms with van der Waals surface area (Å²) < 4.78 is 0.536. The van der Waals surface area contributed by atoms with E-state index in [1.807, 2.05) is 19.1 Å². The van der Waals surface area contributed by atoms with Crippen LogP contribution in [0.15, 0.2) is 23.1 Å². The number of aryl methyl sites for hydroxylation is 1. The molecule has 3 nitrogen and oxygen atoms in total. The number of likely N-dealkylation sites (N-methyl/N-ethyl adjacent to an activating group) is 1. The van der Waals surface area contributed by atoms with Gasteiger partial charge in [0.05, 0.1) is 4.91 Å². The topological polar surface area (TPSA) is 40.5 Å². The van der Waals surface area contributed by atoms with Crippen LogP contribution in [0, 0.1) is 6.92 Å². The number of hydrogen-bond acceptors (Lipinski definition) is 4. The maximum absolute atomic E-state index is 11.8. The number of amides is 1. The molecule has 0 aliphatic carbocycles. The lowest BCUT2D eigenvalue weighted by atomic mass is 10.1. The summed E-state index contributed by atoms with van der Waals surface area (Å²) >= 11 is 6.28. The molecule has 0 unspecified atom stereocenters. The Bertz CT molecular complexity index is 537. The van der Waals surface area contributed by atoms with Gasteiger partial charge in [-0.1, -0.05) is 42.2 Å². The Balaban J connectivity index is 2.41. The zero-order valence-corrected chi connectivity index (χ0v) is 11.1. The highest BCUT2D eigenvalue weighted by molar-refractivity contribution is 8.26. The standard InChI is InChI=1S/C12H11NO2S2/c1-7-4-3-5-8(10(7)14)6-9-11(15)13(2)12(16)17-9/h3-6,14H,1-2H3/b9-6+. The van der Waals surface area contributed by atoms with Crippen molar-refractivity contribution in [2.75, 3.05) is 7.05 Å². The van der Waals surface area contributed by atoms with Crippen molar-refractivity contribution in [1.29, 1.82) is 0 Å². The number of nitrogens with zero attached hydrogens (tertiary/aromatic N) is 1. The van der Waals surface area contributed by atoms with Gasteiger partial charge in [-0.3, -0.25) is 9.69 Å². The van der Waals surface area contributed by atoms with Crippen molar-refractivity contribution in [3.63, 3.8) is 0 Å². The van der Waals surface area contributed by atoms with Gasteiger partial charge in [0.25, 0.3) is 5.91 Å². The normalized spacial score (nSPS) is 18.2. The van der Waals surface area contributed by atoms with Gasteiger partial charge in [0, 0.05) is 12.6 Å². The molecule has 1 N–H and O–H groups in total. The number of aromatic hydroxyl groups is 1. The molecule has 1 fully saturated rings. The average molecular weight is 265 g/mol. The number of thioether (sulfide) groups is 1. The number of hydrogen-bond donors (Lipinski definition) is 1. The van der Waals surface area contributed by atoms with Crippen molar-refractivity contribution in [2.45, 2.75) is 6.92 Å². The van der Waals surface area contributed by atoms with Gasteiger partial charge in [-0.15, -0.1) is 0 Å². The molecule has 1 aromatic rings. The second kappa shape index (κ2) is 4.50. The Kier molecular flexibility index (Phi) is 3.22. The number of benzene rings is 1. The maximum Gasteiger partial charge on any atom is 0.265 e. The third kappa shape index (κ3) is 2.21. The van der Waals surface area contributed by atoms with Crippen molar-refractivity contribution >= 4 is 40.3 Å². The summed E-state index contributed by atoms with van der Waals surface area (Å²) in [5.74, 6) is 0.0785. The summed E-state index contributed by atoms with van der Waals surface area (Å²) in [6.07, 6.45) is 1.67. The summed E-state index contributed by atoms with van der Waals surface area (Å²) in [7, 11) is 1.65. The smallest absolute Gasteiger partial charge is 0.265 e. The minimum Gasteiger partial charge on any atom is -0.507 e. The van der Waals surface area contributed by atoms with Crippen molar-refractivity contribution in [3.8, 4) is 5.75 Å². The van der Waals surface area contributed by atoms with E-state index in [1.165, 1.54) is 16.7 Å². The summed E-state index contributed by atoms with van der Waals surface area (Å²) in [5, 5.41) is 9.86. The first-order valence-corrected chi connectivity index (χ1v) is 6.23. The van der Waals surface area contributed by atoms with Gasteiger partial charge in [0.15, 0.2) is 0 Å². The Morgan fingerprint density at radius 2 is 2.18 bits per heavy atom. The molecular weight excluding hydrogens is 254 g/mol. The van der Waals surface area contributed by atoms with Crippen molar-refractivity contribution in [1.82, 2.24) is 4.90 Å². The van der Waals surface area contributed by atoms with Crippen molar-refractivity contribution in [2.24, 2.45) is 0 Å². The van der Waals surface area contributed by atoms with Gasteiger partial charge in [-0.25, -0.2) is 0 Å². The molecule has 0 spiro atoms. The minimum absolute atomic E-state index is 0.124. The molecule has 0 saturated carbocycles. The second-order valence-corrected chi connectivity index (χ2v) is 5.43. The lowest BCUT2D eigenvalue weighted by molar-refractivity contribution is -0.121. The van der Waals surface area contributed by atoms with Crippen LogP contribution in [0.5, 0.6) is 5.75 Å². The highest BCUT2D eigenvalue weighted by Crippen LogP contribution is 2.33. The van der Waals surface area contributed by atoms with Crippen LogP contribution < -0.4 is 0 Å². The molecule has 0 aromatic heterocycles. The van der Waals surface area contributed by atoms with E-state index in [4.69, 9.17) is 12.2 Å². The van der Waals surface area contributed by atoms with E-state index in [1.54, 1.807) is 19.2 Å². The average Bonchev–Trinajstić information content (AvgIpc) is 2.53. The predicted octanol–water partition coefficient (Wildman–Crippen LogP) is 2.53. The molecule has 88 valence electrons. The van der Waals surface area contributed by atoms with Gasteiger partial charge in [0.1, 0.15) is 10.1 Å². The number of para-hydroxylation sites is 1. The van der Waals surface area contributed by atoms with Crippen LogP contribution in [0.2, 0.25) is 0 Å². The Labute approximate surface area is 109 Å². The van der Waals surface area contributed by atoms with Crippen molar-refractivity contribution < 1.29 is 9.90 Å². The van der Waals surface area contributed by atoms with Crippen LogP contribution in [-0.4, -0.2) is 27.3 Å². The quantitative estimate of drug-likeness (QED) is 0.626. The molecule has 1 saturated heterocycles. The van der Waals surface area contributed by atoms with Crippen molar-refractivity contribution in [3.05, 3.63) is 34.2 Å². The third-order valence-electron chi connectivity index (χ3n) is 2.54. The van der Waals surface area contributed by atoms with E-state index in [-0.39, 0.29) is 11.7 Å². The zero-order chi connectivity index (χ0) is 12.6. The van der Waals surface area contributed by atoms with Crippen LogP contribution in [-0.2, 0) is 4.79 Å². The molecule has 17 heavy (non-hydrogen) atoms. The summed E-state index contributed by atoms with van der Waals surface area (Å²) in [6, 6.07) is 5.43. The van der Waals surface area contributed by atoms with E-state index in [0.29, 0.717) is 14.8 Å². The molecule has 0 atom stereocenters. The van der Waals surface area contributed by atoms with Gasteiger partial charge in [-0.05, 0) is 18.6 Å². The molecule has 1 aliphatic rings. The number of thiocarbonyl (C=S) groups is 1. The lowest BCUT2D eigenvalue weighted by Crippen LogP contribution is -2.22. The van der Waals surface area contributed by atoms with Gasteiger partial charge < -0.3 is 5.11 Å². The highest BCUT2D eigenvalue weighted by Gasteiger charge is 2.28. The predicted molar refractivity (Wildman–Crippen MR) is 73.8 cm³/mol. The zero-order valence-electron chi connectivity index (χ0n) is 9.43. The van der Waals surface area contributed by atoms with E-state index in [0.717, 1.165) is 5.56 Å². The molecule has 5 heteroatoms. The van der Waals surface area contributed by atoms with Crippen LogP contribution in [0.3, 0.4) is 0 Å². The van der Waals surface area contributed by atoms with Gasteiger partial charge in [0.2, 0.25) is 0 Å². The minimum atomic E-state index is -0.124. The summed E-state index contributed by atoms with van der Waals surface area (Å²) in [6.45, 7) is 1.82. The Morgan fingerprint density at radius 3 is 2.76 bits per heavy atom. The molecule has 1 heterocycles. The lowest BCUT2D eigenvalue weighted by Gasteiger charge is -2.04. The fourth-order valence-corrected chi connectivity index (χ4v) is 2.66.